The van der Waals surface area contributed by atoms with E-state index >= 15 is 0 Å². The van der Waals surface area contributed by atoms with E-state index in [0.717, 1.165) is 57.8 Å². The molecule has 0 aromatic rings. The molecule has 15 nitrogen and oxygen atoms in total. The Morgan fingerprint density at radius 2 is 1.05 bits per heavy atom. The molecule has 0 bridgehead atoms. The van der Waals surface area contributed by atoms with Crippen molar-refractivity contribution in [1.29, 1.82) is 0 Å². The predicted octanol–water partition coefficient (Wildman–Crippen LogP) is 6.32. The molecule has 0 radical (unpaired) electrons. The third kappa shape index (κ3) is 26.0. The fourth-order valence-electron chi connectivity index (χ4n) is 7.50. The Kier molecular flexibility index (Phi) is 33.7. The van der Waals surface area contributed by atoms with E-state index in [0.29, 0.717) is 6.42 Å². The summed E-state index contributed by atoms with van der Waals surface area (Å²) >= 11 is 0. The van der Waals surface area contributed by atoms with Crippen LogP contribution in [0.2, 0.25) is 0 Å². The zero-order valence-corrected chi connectivity index (χ0v) is 39.5. The summed E-state index contributed by atoms with van der Waals surface area (Å²) in [5, 5.41) is 71.9. The van der Waals surface area contributed by atoms with Gasteiger partial charge in [-0.25, -0.2) is 4.79 Å². The van der Waals surface area contributed by atoms with Gasteiger partial charge in [-0.2, -0.15) is 0 Å². The first-order valence-corrected chi connectivity index (χ1v) is 24.8. The molecule has 11 atom stereocenters. The maximum atomic E-state index is 13.0. The number of carbonyl (C=O) groups is 2. The van der Waals surface area contributed by atoms with Crippen molar-refractivity contribution in [2.75, 3.05) is 26.4 Å². The highest BCUT2D eigenvalue weighted by molar-refractivity contribution is 5.82. The lowest BCUT2D eigenvalue weighted by Crippen LogP contribution is -2.61. The highest BCUT2D eigenvalue weighted by Gasteiger charge is 2.47. The van der Waals surface area contributed by atoms with Crippen LogP contribution in [0.3, 0.4) is 0 Å². The van der Waals surface area contributed by atoms with Crippen molar-refractivity contribution in [2.24, 2.45) is 0 Å². The first kappa shape index (κ1) is 58.6. The van der Waals surface area contributed by atoms with E-state index in [1.807, 2.05) is 6.08 Å². The normalized spacial score (nSPS) is 26.8. The van der Waals surface area contributed by atoms with E-state index < -0.39 is 99.3 Å². The summed E-state index contributed by atoms with van der Waals surface area (Å²) in [6.45, 7) is 2.40. The largest absolute Gasteiger partial charge is 0.458 e. The Bertz CT molecular complexity index is 1320. The van der Waals surface area contributed by atoms with Crippen LogP contribution in [0.1, 0.15) is 162 Å². The van der Waals surface area contributed by atoms with Gasteiger partial charge in [0.05, 0.1) is 19.8 Å². The molecule has 2 aliphatic heterocycles. The molecule has 0 aromatic heterocycles. The Labute approximate surface area is 388 Å². The lowest BCUT2D eigenvalue weighted by molar-refractivity contribution is -0.332. The summed E-state index contributed by atoms with van der Waals surface area (Å²) in [6.07, 6.45) is 23.5. The predicted molar refractivity (Wildman–Crippen MR) is 247 cm³/mol. The smallest absolute Gasteiger partial charge is 0.330 e. The molecule has 2 heterocycles. The first-order chi connectivity index (χ1) is 31.5. The summed E-state index contributed by atoms with van der Waals surface area (Å²) in [5.41, 5.74) is 0. The van der Waals surface area contributed by atoms with Gasteiger partial charge in [0.25, 0.3) is 0 Å². The number of carbonyl (C=O) groups excluding carboxylic acids is 2. The van der Waals surface area contributed by atoms with Gasteiger partial charge in [-0.15, -0.1) is 0 Å². The minimum atomic E-state index is -1.78. The third-order valence-electron chi connectivity index (χ3n) is 11.6. The van der Waals surface area contributed by atoms with Gasteiger partial charge in [-0.05, 0) is 44.9 Å². The minimum absolute atomic E-state index is 0.128. The van der Waals surface area contributed by atoms with E-state index in [1.165, 1.54) is 83.1 Å². The highest BCUT2D eigenvalue weighted by atomic mass is 16.7. The lowest BCUT2D eigenvalue weighted by atomic mass is 9.98. The average Bonchev–Trinajstić information content (AvgIpc) is 3.30. The summed E-state index contributed by atoms with van der Waals surface area (Å²) in [6, 6.07) is 0. The van der Waals surface area contributed by atoms with Gasteiger partial charge in [0.2, 0.25) is 0 Å². The Hall–Kier alpha value is -2.54. The van der Waals surface area contributed by atoms with Gasteiger partial charge < -0.3 is 64.2 Å². The molecule has 0 aromatic carbocycles. The maximum absolute atomic E-state index is 13.0. The summed E-state index contributed by atoms with van der Waals surface area (Å²) < 4.78 is 33.3. The number of aliphatic hydroxyl groups is 7. The summed E-state index contributed by atoms with van der Waals surface area (Å²) in [7, 11) is 0. The van der Waals surface area contributed by atoms with Crippen molar-refractivity contribution in [3.8, 4) is 0 Å². The highest BCUT2D eigenvalue weighted by Crippen LogP contribution is 2.26. The van der Waals surface area contributed by atoms with Gasteiger partial charge in [0.1, 0.15) is 55.4 Å². The second-order valence-electron chi connectivity index (χ2n) is 17.4. The zero-order chi connectivity index (χ0) is 47.5. The van der Waals surface area contributed by atoms with Crippen LogP contribution in [0.15, 0.2) is 48.6 Å². The van der Waals surface area contributed by atoms with Gasteiger partial charge in [0, 0.05) is 12.5 Å². The van der Waals surface area contributed by atoms with Crippen molar-refractivity contribution in [3.05, 3.63) is 48.6 Å². The molecule has 0 aliphatic carbocycles. The number of esters is 2. The fourth-order valence-corrected chi connectivity index (χ4v) is 7.50. The number of ether oxygens (including phenoxy) is 6. The molecule has 0 spiro atoms. The monoisotopic (exact) mass is 927 g/mol. The van der Waals surface area contributed by atoms with E-state index in [1.54, 1.807) is 12.2 Å². The van der Waals surface area contributed by atoms with E-state index in [9.17, 15) is 45.3 Å². The van der Waals surface area contributed by atoms with Gasteiger partial charge in [0.15, 0.2) is 18.7 Å². The molecule has 376 valence electrons. The SMILES string of the molecule is CCCC/C=C/C/C=C/CCCCCCCC(=O)O[C@H](COC(=O)/C=C/C=C/CCCCCCCCCCCCC)CO[C@@H]1O[C@H](CO[C@@H]2O[C@H](CO)[C@H](O)C(O)C2O)[C@H](O)C(O)C1O. The molecule has 7 N–H and O–H groups in total. The van der Waals surface area contributed by atoms with Crippen LogP contribution < -0.4 is 0 Å². The number of aliphatic hydroxyl groups excluding tert-OH is 7. The number of hydrogen-bond acceptors (Lipinski definition) is 15. The Morgan fingerprint density at radius 1 is 0.538 bits per heavy atom. The molecule has 2 aliphatic rings. The van der Waals surface area contributed by atoms with Gasteiger partial charge >= 0.3 is 11.9 Å². The first-order valence-electron chi connectivity index (χ1n) is 24.8. The molecule has 0 saturated carbocycles. The number of hydrogen-bond donors (Lipinski definition) is 7. The molecular formula is C50H86O15. The second kappa shape index (κ2) is 37.4. The van der Waals surface area contributed by atoms with Crippen molar-refractivity contribution in [1.82, 2.24) is 0 Å². The summed E-state index contributed by atoms with van der Waals surface area (Å²) in [5.74, 6) is -1.20. The third-order valence-corrected chi connectivity index (χ3v) is 11.6. The molecule has 65 heavy (non-hydrogen) atoms. The van der Waals surface area contributed by atoms with Crippen LogP contribution in [0.25, 0.3) is 0 Å². The van der Waals surface area contributed by atoms with Crippen molar-refractivity contribution < 1.29 is 73.8 Å². The Morgan fingerprint density at radius 3 is 1.65 bits per heavy atom. The number of allylic oxidation sites excluding steroid dienone is 7. The van der Waals surface area contributed by atoms with E-state index in [4.69, 9.17) is 28.4 Å². The van der Waals surface area contributed by atoms with Crippen LogP contribution in [-0.2, 0) is 38.0 Å². The topological polar surface area (TPSA) is 231 Å². The van der Waals surface area contributed by atoms with Crippen LogP contribution in [0.5, 0.6) is 0 Å². The van der Waals surface area contributed by atoms with Crippen molar-refractivity contribution >= 4 is 11.9 Å². The molecule has 4 unspecified atom stereocenters. The molecular weight excluding hydrogens is 841 g/mol. The number of rotatable bonds is 37. The van der Waals surface area contributed by atoms with E-state index in [-0.39, 0.29) is 13.0 Å². The molecule has 15 heteroatoms. The standard InChI is InChI=1S/C50H86O15/c1-3-5-7-9-11-13-15-17-19-21-22-24-26-28-30-32-41(52)60-35-38(63-42(53)33-31-29-27-25-23-20-18-16-14-12-10-8-6-4-2)36-61-49-48(59)46(57)44(55)40(65-49)37-62-50-47(58)45(56)43(54)39(34-51)64-50/h10,12,16,18,26,28,30,32,38-40,43-51,54-59H,3-9,11,13-15,17,19-25,27,29,31,33-37H2,1-2H3/b12-10+,18-16+,28-26+,32-30+/t38-,39-,40-,43+,44+,45?,46?,47?,48?,49-,50-/m1/s1. The van der Waals surface area contributed by atoms with Gasteiger partial charge in [-0.3, -0.25) is 4.79 Å². The van der Waals surface area contributed by atoms with Crippen molar-refractivity contribution in [3.63, 3.8) is 0 Å². The Balaban J connectivity index is 1.87. The minimum Gasteiger partial charge on any atom is -0.458 e. The van der Waals surface area contributed by atoms with Crippen molar-refractivity contribution in [2.45, 2.75) is 229 Å². The maximum Gasteiger partial charge on any atom is 0.330 e. The zero-order valence-electron chi connectivity index (χ0n) is 39.5. The molecule has 2 fully saturated rings. The number of unbranched alkanes of at least 4 members (excludes halogenated alkanes) is 18. The quantitative estimate of drug-likeness (QED) is 0.0119. The molecule has 2 saturated heterocycles. The van der Waals surface area contributed by atoms with Crippen LogP contribution in [-0.4, -0.2) is 142 Å². The second-order valence-corrected chi connectivity index (χ2v) is 17.4. The lowest BCUT2D eigenvalue weighted by Gasteiger charge is -2.42. The molecule has 0 amide bonds. The van der Waals surface area contributed by atoms with Crippen LogP contribution in [0.4, 0.5) is 0 Å². The molecule has 2 rings (SSSR count). The average molecular weight is 927 g/mol. The fraction of sp³-hybridized carbons (Fsp3) is 0.800. The van der Waals surface area contributed by atoms with Gasteiger partial charge in [-0.1, -0.05) is 153 Å². The van der Waals surface area contributed by atoms with Crippen LogP contribution >= 0.6 is 0 Å². The van der Waals surface area contributed by atoms with E-state index in [2.05, 4.69) is 38.2 Å². The summed E-state index contributed by atoms with van der Waals surface area (Å²) in [4.78, 5) is 25.6. The van der Waals surface area contributed by atoms with Crippen LogP contribution in [0, 0.1) is 0 Å².